The predicted molar refractivity (Wildman–Crippen MR) is 75.0 cm³/mol. The van der Waals surface area contributed by atoms with Crippen LogP contribution in [-0.4, -0.2) is 24.9 Å². The summed E-state index contributed by atoms with van der Waals surface area (Å²) < 4.78 is 0.269. The fourth-order valence-corrected chi connectivity index (χ4v) is 2.17. The molecule has 0 bridgehead atoms. The first kappa shape index (κ1) is 12.4. The van der Waals surface area contributed by atoms with E-state index in [4.69, 9.17) is 12.2 Å². The van der Waals surface area contributed by atoms with Gasteiger partial charge in [-0.05, 0) is 15.5 Å². The first-order chi connectivity index (χ1) is 9.63. The highest BCUT2D eigenvalue weighted by molar-refractivity contribution is 7.71. The van der Waals surface area contributed by atoms with Crippen molar-refractivity contribution in [1.29, 1.82) is 0 Å². The Hall–Kier alpha value is -2.61. The maximum atomic E-state index is 10.7. The van der Waals surface area contributed by atoms with Crippen LogP contribution in [0.5, 0.6) is 0 Å². The van der Waals surface area contributed by atoms with Gasteiger partial charge in [-0.25, -0.2) is 9.97 Å². The summed E-state index contributed by atoms with van der Waals surface area (Å²) >= 11 is 5.13. The van der Waals surface area contributed by atoms with Crippen LogP contribution in [0.4, 0.5) is 5.95 Å². The molecule has 0 spiro atoms. The quantitative estimate of drug-likeness (QED) is 0.438. The fourth-order valence-electron chi connectivity index (χ4n) is 1.91. The van der Waals surface area contributed by atoms with Crippen LogP contribution in [0, 0.1) is 14.8 Å². The monoisotopic (exact) mass is 287 g/mol. The first-order valence-electron chi connectivity index (χ1n) is 5.81. The number of fused-ring (bicyclic) bond motifs is 1. The van der Waals surface area contributed by atoms with Crippen molar-refractivity contribution >= 4 is 29.3 Å². The van der Waals surface area contributed by atoms with E-state index in [9.17, 15) is 10.1 Å². The highest BCUT2D eigenvalue weighted by Crippen LogP contribution is 2.15. The second-order valence-corrected chi connectivity index (χ2v) is 4.58. The van der Waals surface area contributed by atoms with E-state index in [-0.39, 0.29) is 10.6 Å². The molecule has 7 nitrogen and oxygen atoms in total. The number of hydrogen-bond acceptors (Lipinski definition) is 5. The standard InChI is InChI=1S/C12H9N5O2S/c18-17(19)12-15-9-10(16-12)13-8(14-11(9)20)6-7-4-2-1-3-5-7/h1-5H,6H2,(H2,13,14,15,16,20). The average Bonchev–Trinajstić information content (AvgIpc) is 2.84. The number of nitro groups is 1. The molecule has 2 heterocycles. The van der Waals surface area contributed by atoms with Crippen LogP contribution in [0.1, 0.15) is 11.4 Å². The topological polar surface area (TPSA) is 100 Å². The average molecular weight is 287 g/mol. The van der Waals surface area contributed by atoms with Crippen LogP contribution >= 0.6 is 12.2 Å². The van der Waals surface area contributed by atoms with E-state index in [0.29, 0.717) is 23.4 Å². The van der Waals surface area contributed by atoms with Crippen molar-refractivity contribution in [1.82, 2.24) is 19.9 Å². The Balaban J connectivity index is 2.05. The van der Waals surface area contributed by atoms with Gasteiger partial charge >= 0.3 is 5.95 Å². The molecule has 0 aliphatic rings. The van der Waals surface area contributed by atoms with Gasteiger partial charge in [0.2, 0.25) is 0 Å². The number of benzene rings is 1. The summed E-state index contributed by atoms with van der Waals surface area (Å²) in [6.07, 6.45) is 0.557. The minimum Gasteiger partial charge on any atom is -0.390 e. The first-order valence-corrected chi connectivity index (χ1v) is 6.21. The minimum atomic E-state index is -0.598. The zero-order chi connectivity index (χ0) is 14.1. The van der Waals surface area contributed by atoms with Gasteiger partial charge in [-0.3, -0.25) is 0 Å². The van der Waals surface area contributed by atoms with Crippen molar-refractivity contribution in [3.05, 3.63) is 56.5 Å². The molecule has 2 N–H and O–H groups in total. The van der Waals surface area contributed by atoms with Crippen LogP contribution < -0.4 is 0 Å². The van der Waals surface area contributed by atoms with E-state index in [0.717, 1.165) is 5.56 Å². The molecular weight excluding hydrogens is 278 g/mol. The van der Waals surface area contributed by atoms with Gasteiger partial charge in [0.1, 0.15) is 5.82 Å². The Bertz CT molecular complexity index is 840. The minimum absolute atomic E-state index is 0.269. The lowest BCUT2D eigenvalue weighted by Gasteiger charge is -2.00. The Morgan fingerprint density at radius 1 is 1.20 bits per heavy atom. The van der Waals surface area contributed by atoms with Gasteiger partial charge in [0.25, 0.3) is 5.65 Å². The summed E-state index contributed by atoms with van der Waals surface area (Å²) in [5.74, 6) is 0.274. The third-order valence-electron chi connectivity index (χ3n) is 2.79. The summed E-state index contributed by atoms with van der Waals surface area (Å²) in [4.78, 5) is 23.7. The van der Waals surface area contributed by atoms with Crippen LogP contribution in [-0.2, 0) is 6.42 Å². The lowest BCUT2D eigenvalue weighted by molar-refractivity contribution is -0.393. The number of hydrogen-bond donors (Lipinski definition) is 2. The van der Waals surface area contributed by atoms with Crippen LogP contribution in [0.2, 0.25) is 0 Å². The highest BCUT2D eigenvalue weighted by Gasteiger charge is 2.16. The Kier molecular flexibility index (Phi) is 2.99. The molecule has 20 heavy (non-hydrogen) atoms. The van der Waals surface area contributed by atoms with E-state index in [1.165, 1.54) is 0 Å². The number of aromatic nitrogens is 4. The molecule has 3 aromatic rings. The molecule has 0 radical (unpaired) electrons. The number of nitrogens with one attached hydrogen (secondary N) is 2. The molecule has 0 fully saturated rings. The van der Waals surface area contributed by atoms with E-state index in [1.807, 2.05) is 30.3 Å². The summed E-state index contributed by atoms with van der Waals surface area (Å²) in [5, 5.41) is 10.7. The molecule has 0 aliphatic heterocycles. The molecule has 3 rings (SSSR count). The molecule has 2 aromatic heterocycles. The van der Waals surface area contributed by atoms with Crippen molar-refractivity contribution in [2.75, 3.05) is 0 Å². The number of rotatable bonds is 3. The maximum absolute atomic E-state index is 10.7. The second-order valence-electron chi connectivity index (χ2n) is 4.19. The van der Waals surface area contributed by atoms with Gasteiger partial charge in [0, 0.05) is 6.42 Å². The fraction of sp³-hybridized carbons (Fsp3) is 0.0833. The van der Waals surface area contributed by atoms with Crippen LogP contribution in [0.15, 0.2) is 30.3 Å². The molecule has 0 atom stereocenters. The Morgan fingerprint density at radius 3 is 2.65 bits per heavy atom. The molecule has 100 valence electrons. The van der Waals surface area contributed by atoms with Crippen molar-refractivity contribution in [2.45, 2.75) is 6.42 Å². The van der Waals surface area contributed by atoms with Gasteiger partial charge in [-0.15, -0.1) is 0 Å². The smallest absolute Gasteiger partial charge is 0.390 e. The van der Waals surface area contributed by atoms with Gasteiger partial charge in [0.15, 0.2) is 10.2 Å². The number of H-pyrrole nitrogens is 2. The number of imidazole rings is 1. The van der Waals surface area contributed by atoms with E-state index >= 15 is 0 Å². The summed E-state index contributed by atoms with van der Waals surface area (Å²) in [5.41, 5.74) is 1.79. The maximum Gasteiger partial charge on any atom is 0.434 e. The predicted octanol–water partition coefficient (Wildman–Crippen LogP) is 2.51. The zero-order valence-corrected chi connectivity index (χ0v) is 11.0. The Labute approximate surface area is 117 Å². The molecule has 0 saturated heterocycles. The molecule has 1 aromatic carbocycles. The van der Waals surface area contributed by atoms with E-state index in [1.54, 1.807) is 0 Å². The van der Waals surface area contributed by atoms with Gasteiger partial charge in [-0.2, -0.15) is 0 Å². The SMILES string of the molecule is O=[N+]([O-])c1nc2[nH]c(Cc3ccccc3)nc(=S)c2[nH]1. The zero-order valence-electron chi connectivity index (χ0n) is 10.2. The normalized spacial score (nSPS) is 10.8. The third-order valence-corrected chi connectivity index (χ3v) is 3.09. The molecule has 0 saturated carbocycles. The molecule has 0 aliphatic carbocycles. The highest BCUT2D eigenvalue weighted by atomic mass is 32.1. The molecular formula is C12H9N5O2S. The van der Waals surface area contributed by atoms with Gasteiger partial charge in [0.05, 0.1) is 0 Å². The van der Waals surface area contributed by atoms with Gasteiger partial charge in [-0.1, -0.05) is 42.5 Å². The van der Waals surface area contributed by atoms with E-state index < -0.39 is 4.92 Å². The Morgan fingerprint density at radius 2 is 1.95 bits per heavy atom. The summed E-state index contributed by atoms with van der Waals surface area (Å²) in [6, 6.07) is 9.73. The number of aromatic amines is 2. The summed E-state index contributed by atoms with van der Waals surface area (Å²) in [6.45, 7) is 0. The molecule has 8 heteroatoms. The van der Waals surface area contributed by atoms with Crippen molar-refractivity contribution in [3.8, 4) is 0 Å². The molecule has 0 unspecified atom stereocenters. The van der Waals surface area contributed by atoms with Crippen LogP contribution in [0.3, 0.4) is 0 Å². The lowest BCUT2D eigenvalue weighted by Crippen LogP contribution is -1.97. The molecule has 0 amide bonds. The van der Waals surface area contributed by atoms with Crippen molar-refractivity contribution < 1.29 is 4.92 Å². The van der Waals surface area contributed by atoms with Gasteiger partial charge < -0.3 is 15.1 Å². The lowest BCUT2D eigenvalue weighted by atomic mass is 10.1. The second kappa shape index (κ2) is 4.82. The van der Waals surface area contributed by atoms with Crippen LogP contribution in [0.25, 0.3) is 11.2 Å². The summed E-state index contributed by atoms with van der Waals surface area (Å²) in [7, 11) is 0. The van der Waals surface area contributed by atoms with Crippen molar-refractivity contribution in [2.24, 2.45) is 0 Å². The largest absolute Gasteiger partial charge is 0.434 e. The van der Waals surface area contributed by atoms with Crippen molar-refractivity contribution in [3.63, 3.8) is 0 Å². The third kappa shape index (κ3) is 2.28. The number of nitrogens with zero attached hydrogens (tertiary/aromatic N) is 3. The van der Waals surface area contributed by atoms with E-state index in [2.05, 4.69) is 19.9 Å².